The fourth-order valence-electron chi connectivity index (χ4n) is 2.69. The fourth-order valence-corrected chi connectivity index (χ4v) is 2.69. The monoisotopic (exact) mass is 164 g/mol. The minimum atomic E-state index is 0.319. The molecule has 0 heterocycles. The Morgan fingerprint density at radius 3 is 2.67 bits per heavy atom. The summed E-state index contributed by atoms with van der Waals surface area (Å²) in [4.78, 5) is 11.1. The number of rotatable bonds is 0. The summed E-state index contributed by atoms with van der Waals surface area (Å²) in [5, 5.41) is 0. The largest absolute Gasteiger partial charge is 0.295 e. The normalized spacial score (nSPS) is 33.1. The Hall–Kier alpha value is -0.590. The van der Waals surface area contributed by atoms with E-state index >= 15 is 0 Å². The lowest BCUT2D eigenvalue weighted by Gasteiger charge is -2.34. The van der Waals surface area contributed by atoms with Crippen molar-refractivity contribution in [3.63, 3.8) is 0 Å². The third kappa shape index (κ3) is 1.12. The molecule has 0 aromatic heterocycles. The Morgan fingerprint density at radius 2 is 2.08 bits per heavy atom. The number of carbonyl (C=O) groups excluding carboxylic acids is 1. The first kappa shape index (κ1) is 8.03. The second-order valence-electron chi connectivity index (χ2n) is 4.35. The quantitative estimate of drug-likeness (QED) is 0.538. The molecule has 0 aromatic rings. The minimum Gasteiger partial charge on any atom is -0.295 e. The molecule has 2 aliphatic rings. The van der Waals surface area contributed by atoms with Gasteiger partial charge in [-0.2, -0.15) is 0 Å². The molecule has 0 aliphatic heterocycles. The number of hydrogen-bond donors (Lipinski definition) is 0. The van der Waals surface area contributed by atoms with Gasteiger partial charge in [0.15, 0.2) is 5.78 Å². The molecule has 2 aliphatic carbocycles. The van der Waals surface area contributed by atoms with Gasteiger partial charge >= 0.3 is 0 Å². The Balaban J connectivity index is 2.24. The van der Waals surface area contributed by atoms with Crippen molar-refractivity contribution < 1.29 is 4.79 Å². The second-order valence-corrected chi connectivity index (χ2v) is 4.35. The molecule has 0 bridgehead atoms. The molecular formula is C11H16O. The van der Waals surface area contributed by atoms with E-state index in [1.165, 1.54) is 25.7 Å². The molecule has 12 heavy (non-hydrogen) atoms. The Kier molecular flexibility index (Phi) is 1.82. The van der Waals surface area contributed by atoms with Crippen LogP contribution in [0.4, 0.5) is 0 Å². The number of carbonyl (C=O) groups is 1. The summed E-state index contributed by atoms with van der Waals surface area (Å²) < 4.78 is 0. The number of allylic oxidation sites excluding steroid dienone is 2. The molecule has 0 amide bonds. The fraction of sp³-hybridized carbons (Fsp3) is 0.727. The first-order valence-corrected chi connectivity index (χ1v) is 4.95. The van der Waals surface area contributed by atoms with Crippen LogP contribution in [0.3, 0.4) is 0 Å². The van der Waals surface area contributed by atoms with Crippen molar-refractivity contribution in [2.45, 2.75) is 39.0 Å². The molecule has 0 N–H and O–H groups in total. The Bertz CT molecular complexity index is 221. The van der Waals surface area contributed by atoms with E-state index < -0.39 is 0 Å². The molecule has 66 valence electrons. The molecule has 1 saturated carbocycles. The number of ketones is 1. The molecule has 1 fully saturated rings. The molecule has 1 spiro atoms. The van der Waals surface area contributed by atoms with Crippen LogP contribution in [-0.4, -0.2) is 5.78 Å². The molecule has 1 unspecified atom stereocenters. The van der Waals surface area contributed by atoms with Gasteiger partial charge in [0, 0.05) is 6.42 Å². The van der Waals surface area contributed by atoms with Gasteiger partial charge in [-0.25, -0.2) is 0 Å². The predicted octanol–water partition coefficient (Wildman–Crippen LogP) is 2.71. The highest BCUT2D eigenvalue weighted by Crippen LogP contribution is 2.48. The minimum absolute atomic E-state index is 0.319. The van der Waals surface area contributed by atoms with Gasteiger partial charge in [-0.05, 0) is 30.3 Å². The van der Waals surface area contributed by atoms with Gasteiger partial charge in [0.05, 0.1) is 0 Å². The summed E-state index contributed by atoms with van der Waals surface area (Å²) in [7, 11) is 0. The van der Waals surface area contributed by atoms with E-state index in [0.717, 1.165) is 6.42 Å². The SMILES string of the molecule is CC1CC(=O)C=CC12CCCC2. The lowest BCUT2D eigenvalue weighted by Crippen LogP contribution is -2.28. The van der Waals surface area contributed by atoms with E-state index in [2.05, 4.69) is 13.0 Å². The average molecular weight is 164 g/mol. The van der Waals surface area contributed by atoms with Gasteiger partial charge in [0.25, 0.3) is 0 Å². The van der Waals surface area contributed by atoms with Crippen LogP contribution in [0.2, 0.25) is 0 Å². The van der Waals surface area contributed by atoms with Crippen molar-refractivity contribution in [2.24, 2.45) is 11.3 Å². The first-order valence-electron chi connectivity index (χ1n) is 4.95. The van der Waals surface area contributed by atoms with Crippen molar-refractivity contribution in [1.29, 1.82) is 0 Å². The van der Waals surface area contributed by atoms with Crippen LogP contribution >= 0.6 is 0 Å². The first-order chi connectivity index (χ1) is 5.73. The van der Waals surface area contributed by atoms with Crippen LogP contribution in [0.15, 0.2) is 12.2 Å². The van der Waals surface area contributed by atoms with E-state index in [4.69, 9.17) is 0 Å². The molecule has 1 heteroatoms. The number of hydrogen-bond acceptors (Lipinski definition) is 1. The van der Waals surface area contributed by atoms with Gasteiger partial charge in [0.2, 0.25) is 0 Å². The van der Waals surface area contributed by atoms with E-state index in [0.29, 0.717) is 17.1 Å². The molecule has 1 atom stereocenters. The second kappa shape index (κ2) is 2.72. The average Bonchev–Trinajstić information content (AvgIpc) is 2.48. The molecular weight excluding hydrogens is 148 g/mol. The highest BCUT2D eigenvalue weighted by molar-refractivity contribution is 5.90. The van der Waals surface area contributed by atoms with Crippen LogP contribution in [0.5, 0.6) is 0 Å². The van der Waals surface area contributed by atoms with Crippen LogP contribution in [0, 0.1) is 11.3 Å². The zero-order valence-electron chi connectivity index (χ0n) is 7.68. The summed E-state index contributed by atoms with van der Waals surface area (Å²) in [6, 6.07) is 0. The van der Waals surface area contributed by atoms with Crippen LogP contribution in [0.1, 0.15) is 39.0 Å². The van der Waals surface area contributed by atoms with Crippen molar-refractivity contribution in [3.05, 3.63) is 12.2 Å². The predicted molar refractivity (Wildman–Crippen MR) is 48.8 cm³/mol. The maximum Gasteiger partial charge on any atom is 0.155 e. The summed E-state index contributed by atoms with van der Waals surface area (Å²) in [5.41, 5.74) is 0.411. The van der Waals surface area contributed by atoms with Gasteiger partial charge in [-0.1, -0.05) is 25.8 Å². The smallest absolute Gasteiger partial charge is 0.155 e. The summed E-state index contributed by atoms with van der Waals surface area (Å²) in [6.45, 7) is 2.23. The third-order valence-electron chi connectivity index (χ3n) is 3.62. The van der Waals surface area contributed by atoms with Crippen LogP contribution in [0.25, 0.3) is 0 Å². The molecule has 0 radical (unpaired) electrons. The lowest BCUT2D eigenvalue weighted by atomic mass is 9.69. The van der Waals surface area contributed by atoms with Crippen LogP contribution in [-0.2, 0) is 4.79 Å². The zero-order valence-corrected chi connectivity index (χ0v) is 7.68. The van der Waals surface area contributed by atoms with E-state index in [9.17, 15) is 4.79 Å². The van der Waals surface area contributed by atoms with E-state index in [1.807, 2.05) is 6.08 Å². The molecule has 1 nitrogen and oxygen atoms in total. The van der Waals surface area contributed by atoms with Crippen LogP contribution < -0.4 is 0 Å². The van der Waals surface area contributed by atoms with Crippen molar-refractivity contribution in [1.82, 2.24) is 0 Å². The summed E-state index contributed by atoms with van der Waals surface area (Å²) in [6.07, 6.45) is 10.1. The molecule has 0 aromatic carbocycles. The highest BCUT2D eigenvalue weighted by atomic mass is 16.1. The maximum absolute atomic E-state index is 11.1. The molecule has 0 saturated heterocycles. The van der Waals surface area contributed by atoms with E-state index in [1.54, 1.807) is 0 Å². The molecule has 2 rings (SSSR count). The topological polar surface area (TPSA) is 17.1 Å². The van der Waals surface area contributed by atoms with Gasteiger partial charge < -0.3 is 0 Å². The van der Waals surface area contributed by atoms with Crippen molar-refractivity contribution in [3.8, 4) is 0 Å². The Labute approximate surface area is 73.8 Å². The van der Waals surface area contributed by atoms with Gasteiger partial charge in [0.1, 0.15) is 0 Å². The highest BCUT2D eigenvalue weighted by Gasteiger charge is 2.39. The maximum atomic E-state index is 11.1. The standard InChI is InChI=1S/C11H16O/c1-9-8-10(12)4-7-11(9)5-2-3-6-11/h4,7,9H,2-3,5-6,8H2,1H3. The zero-order chi connectivity index (χ0) is 8.60. The van der Waals surface area contributed by atoms with Crippen molar-refractivity contribution in [2.75, 3.05) is 0 Å². The van der Waals surface area contributed by atoms with Gasteiger partial charge in [-0.15, -0.1) is 0 Å². The Morgan fingerprint density at radius 1 is 1.42 bits per heavy atom. The lowest BCUT2D eigenvalue weighted by molar-refractivity contribution is -0.116. The summed E-state index contributed by atoms with van der Waals surface area (Å²) >= 11 is 0. The van der Waals surface area contributed by atoms with Gasteiger partial charge in [-0.3, -0.25) is 4.79 Å². The van der Waals surface area contributed by atoms with Crippen molar-refractivity contribution >= 4 is 5.78 Å². The summed E-state index contributed by atoms with van der Waals surface area (Å²) in [5.74, 6) is 0.900. The third-order valence-corrected chi connectivity index (χ3v) is 3.62. The van der Waals surface area contributed by atoms with E-state index in [-0.39, 0.29) is 0 Å².